The third kappa shape index (κ3) is 5.62. The van der Waals surface area contributed by atoms with Crippen LogP contribution in [0.25, 0.3) is 17.0 Å². The van der Waals surface area contributed by atoms with E-state index in [4.69, 9.17) is 0 Å². The van der Waals surface area contributed by atoms with Crippen molar-refractivity contribution in [2.75, 3.05) is 26.2 Å². The molecule has 0 bridgehead atoms. The zero-order chi connectivity index (χ0) is 26.8. The molecule has 200 valence electrons. The maximum atomic E-state index is 13.6. The average molecular weight is 526 g/mol. The standard InChI is InChI=1S/C29H30F3N3O3/c30-21-2-3-24-25(17-33-26(24)16-21)19-5-11-35(12-6-19)28(29(37)38)20-7-9-34(10-8-20)27(36)4-1-18-13-22(31)15-23(32)14-18/h1-4,13-17,19-20,28,33H,5-12H2,(H,37,38). The summed E-state index contributed by atoms with van der Waals surface area (Å²) >= 11 is 0. The Morgan fingerprint density at radius 3 is 2.26 bits per heavy atom. The lowest BCUT2D eigenvalue weighted by Gasteiger charge is -2.41. The summed E-state index contributed by atoms with van der Waals surface area (Å²) in [6, 6.07) is 7.21. The summed E-state index contributed by atoms with van der Waals surface area (Å²) in [4.78, 5) is 31.8. The summed E-state index contributed by atoms with van der Waals surface area (Å²) in [6.07, 6.45) is 7.39. The Labute approximate surface area is 218 Å². The number of carbonyl (C=O) groups excluding carboxylic acids is 1. The molecular formula is C29H30F3N3O3. The number of piperidine rings is 2. The fourth-order valence-electron chi connectivity index (χ4n) is 5.98. The van der Waals surface area contributed by atoms with Crippen LogP contribution in [0.5, 0.6) is 0 Å². The van der Waals surface area contributed by atoms with Crippen molar-refractivity contribution in [1.82, 2.24) is 14.8 Å². The first-order valence-corrected chi connectivity index (χ1v) is 12.9. The molecule has 2 N–H and O–H groups in total. The van der Waals surface area contributed by atoms with Crippen LogP contribution in [0.3, 0.4) is 0 Å². The number of nitrogens with one attached hydrogen (secondary N) is 1. The van der Waals surface area contributed by atoms with Crippen LogP contribution >= 0.6 is 0 Å². The minimum atomic E-state index is -0.844. The lowest BCUT2D eigenvalue weighted by molar-refractivity contribution is -0.147. The molecule has 0 radical (unpaired) electrons. The number of likely N-dealkylation sites (tertiary alicyclic amines) is 2. The zero-order valence-corrected chi connectivity index (χ0v) is 20.9. The van der Waals surface area contributed by atoms with Crippen LogP contribution in [0.1, 0.15) is 42.7 Å². The molecule has 2 saturated heterocycles. The first-order valence-electron chi connectivity index (χ1n) is 12.9. The van der Waals surface area contributed by atoms with E-state index < -0.39 is 23.6 Å². The summed E-state index contributed by atoms with van der Waals surface area (Å²) in [6.45, 7) is 2.16. The highest BCUT2D eigenvalue weighted by atomic mass is 19.1. The minimum absolute atomic E-state index is 0.0783. The van der Waals surface area contributed by atoms with Gasteiger partial charge in [-0.1, -0.05) is 0 Å². The monoisotopic (exact) mass is 525 g/mol. The fourth-order valence-corrected chi connectivity index (χ4v) is 5.98. The predicted octanol–water partition coefficient (Wildman–Crippen LogP) is 5.17. The number of rotatable bonds is 6. The molecule has 1 aromatic heterocycles. The van der Waals surface area contributed by atoms with E-state index in [9.17, 15) is 27.9 Å². The van der Waals surface area contributed by atoms with Crippen molar-refractivity contribution in [3.8, 4) is 0 Å². The highest BCUT2D eigenvalue weighted by molar-refractivity contribution is 5.91. The van der Waals surface area contributed by atoms with E-state index in [1.165, 1.54) is 24.3 Å². The second kappa shape index (κ2) is 11.0. The minimum Gasteiger partial charge on any atom is -0.480 e. The van der Waals surface area contributed by atoms with E-state index in [1.807, 2.05) is 11.1 Å². The van der Waals surface area contributed by atoms with Crippen molar-refractivity contribution in [2.45, 2.75) is 37.6 Å². The first kappa shape index (κ1) is 26.0. The van der Waals surface area contributed by atoms with E-state index in [0.29, 0.717) is 39.0 Å². The lowest BCUT2D eigenvalue weighted by atomic mass is 9.84. The van der Waals surface area contributed by atoms with E-state index in [0.717, 1.165) is 47.5 Å². The Kier molecular flexibility index (Phi) is 7.56. The highest BCUT2D eigenvalue weighted by Gasteiger charge is 2.38. The normalized spacial score (nSPS) is 18.9. The van der Waals surface area contributed by atoms with Crippen LogP contribution < -0.4 is 0 Å². The molecule has 0 spiro atoms. The lowest BCUT2D eigenvalue weighted by Crippen LogP contribution is -2.52. The topological polar surface area (TPSA) is 76.6 Å². The van der Waals surface area contributed by atoms with Crippen LogP contribution in [-0.2, 0) is 9.59 Å². The van der Waals surface area contributed by atoms with Gasteiger partial charge in [0, 0.05) is 42.3 Å². The Bertz CT molecular complexity index is 1340. The number of halogens is 3. The Balaban J connectivity index is 1.17. The molecule has 5 rings (SSSR count). The van der Waals surface area contributed by atoms with Gasteiger partial charge in [-0.05, 0) is 98.1 Å². The number of hydrogen-bond donors (Lipinski definition) is 2. The Morgan fingerprint density at radius 1 is 0.921 bits per heavy atom. The second-order valence-corrected chi connectivity index (χ2v) is 10.2. The molecule has 1 unspecified atom stereocenters. The van der Waals surface area contributed by atoms with Crippen molar-refractivity contribution in [3.63, 3.8) is 0 Å². The van der Waals surface area contributed by atoms with Gasteiger partial charge in [0.15, 0.2) is 0 Å². The largest absolute Gasteiger partial charge is 0.480 e. The number of hydrogen-bond acceptors (Lipinski definition) is 3. The van der Waals surface area contributed by atoms with Crippen LogP contribution in [0.4, 0.5) is 13.2 Å². The summed E-state index contributed by atoms with van der Waals surface area (Å²) < 4.78 is 40.3. The smallest absolute Gasteiger partial charge is 0.321 e. The van der Waals surface area contributed by atoms with Gasteiger partial charge in [-0.25, -0.2) is 13.2 Å². The molecule has 6 nitrogen and oxygen atoms in total. The highest BCUT2D eigenvalue weighted by Crippen LogP contribution is 2.35. The number of H-pyrrole nitrogens is 1. The zero-order valence-electron chi connectivity index (χ0n) is 20.9. The third-order valence-corrected chi connectivity index (χ3v) is 7.89. The molecule has 38 heavy (non-hydrogen) atoms. The average Bonchev–Trinajstić information content (AvgIpc) is 3.30. The van der Waals surface area contributed by atoms with Gasteiger partial charge in [0.1, 0.15) is 23.5 Å². The number of amides is 1. The fraction of sp³-hybridized carbons (Fsp3) is 0.379. The number of nitrogens with zero attached hydrogens (tertiary/aromatic N) is 2. The van der Waals surface area contributed by atoms with E-state index >= 15 is 0 Å². The summed E-state index contributed by atoms with van der Waals surface area (Å²) in [7, 11) is 0. The quantitative estimate of drug-likeness (QED) is 0.436. The van der Waals surface area contributed by atoms with Crippen LogP contribution in [0.15, 0.2) is 48.7 Å². The number of carboxylic acid groups (broad SMARTS) is 1. The van der Waals surface area contributed by atoms with Gasteiger partial charge in [-0.15, -0.1) is 0 Å². The van der Waals surface area contributed by atoms with Gasteiger partial charge < -0.3 is 15.0 Å². The molecule has 3 heterocycles. The summed E-state index contributed by atoms with van der Waals surface area (Å²) in [5.74, 6) is -2.61. The molecule has 3 aromatic rings. The third-order valence-electron chi connectivity index (χ3n) is 7.89. The van der Waals surface area contributed by atoms with Gasteiger partial charge in [0.25, 0.3) is 0 Å². The molecule has 2 aliphatic heterocycles. The van der Waals surface area contributed by atoms with Crippen molar-refractivity contribution in [2.24, 2.45) is 5.92 Å². The molecule has 2 aliphatic rings. The van der Waals surface area contributed by atoms with Crippen LogP contribution in [0, 0.1) is 23.4 Å². The molecule has 2 fully saturated rings. The van der Waals surface area contributed by atoms with Crippen molar-refractivity contribution in [3.05, 3.63) is 77.2 Å². The number of carboxylic acids is 1. The SMILES string of the molecule is O=C(O)C(C1CCN(C(=O)C=Cc2cc(F)cc(F)c2)CC1)N1CCC(c2c[nH]c3cc(F)ccc23)CC1. The molecule has 0 saturated carbocycles. The number of aromatic nitrogens is 1. The van der Waals surface area contributed by atoms with E-state index in [-0.39, 0.29) is 29.1 Å². The van der Waals surface area contributed by atoms with Crippen molar-refractivity contribution >= 4 is 28.9 Å². The predicted molar refractivity (Wildman–Crippen MR) is 138 cm³/mol. The van der Waals surface area contributed by atoms with Gasteiger partial charge in [-0.2, -0.15) is 0 Å². The number of aliphatic carboxylic acids is 1. The van der Waals surface area contributed by atoms with Crippen LogP contribution in [0.2, 0.25) is 0 Å². The second-order valence-electron chi connectivity index (χ2n) is 10.2. The first-order chi connectivity index (χ1) is 18.3. The molecular weight excluding hydrogens is 495 g/mol. The van der Waals surface area contributed by atoms with Crippen LogP contribution in [-0.4, -0.2) is 64.0 Å². The van der Waals surface area contributed by atoms with Crippen molar-refractivity contribution < 1.29 is 27.9 Å². The molecule has 1 amide bonds. The maximum absolute atomic E-state index is 13.6. The molecule has 2 aromatic carbocycles. The number of fused-ring (bicyclic) bond motifs is 1. The molecule has 9 heteroatoms. The Hall–Kier alpha value is -3.59. The van der Waals surface area contributed by atoms with E-state index in [1.54, 1.807) is 11.0 Å². The van der Waals surface area contributed by atoms with E-state index in [2.05, 4.69) is 4.98 Å². The molecule has 1 atom stereocenters. The van der Waals surface area contributed by atoms with Gasteiger partial charge >= 0.3 is 5.97 Å². The number of carbonyl (C=O) groups is 2. The molecule has 0 aliphatic carbocycles. The summed E-state index contributed by atoms with van der Waals surface area (Å²) in [5, 5.41) is 11.1. The number of benzene rings is 2. The summed E-state index contributed by atoms with van der Waals surface area (Å²) in [5.41, 5.74) is 2.18. The maximum Gasteiger partial charge on any atom is 0.321 e. The van der Waals surface area contributed by atoms with Gasteiger partial charge in [-0.3, -0.25) is 14.5 Å². The van der Waals surface area contributed by atoms with Gasteiger partial charge in [0.2, 0.25) is 5.91 Å². The van der Waals surface area contributed by atoms with Gasteiger partial charge in [0.05, 0.1) is 0 Å². The number of aromatic amines is 1. The Morgan fingerprint density at radius 2 is 1.61 bits per heavy atom. The van der Waals surface area contributed by atoms with Crippen molar-refractivity contribution in [1.29, 1.82) is 0 Å².